The molecule has 2 aliphatic carbocycles. The number of hydrogen-bond donors (Lipinski definition) is 1. The van der Waals surface area contributed by atoms with Crippen molar-refractivity contribution in [2.24, 2.45) is 11.3 Å². The van der Waals surface area contributed by atoms with E-state index in [1.165, 1.54) is 18.2 Å². The van der Waals surface area contributed by atoms with E-state index in [1.54, 1.807) is 4.90 Å². The summed E-state index contributed by atoms with van der Waals surface area (Å²) in [5.74, 6) is -3.71. The molecule has 230 valence electrons. The smallest absolute Gasteiger partial charge is 0.371 e. The number of halogens is 7. The van der Waals surface area contributed by atoms with Crippen LogP contribution in [0.15, 0.2) is 23.1 Å². The summed E-state index contributed by atoms with van der Waals surface area (Å²) in [6.07, 6.45) is -10.3. The Morgan fingerprint density at radius 3 is 2.14 bits per heavy atom. The molecule has 5 rings (SSSR count). The van der Waals surface area contributed by atoms with Crippen LogP contribution in [0.2, 0.25) is 5.02 Å². The van der Waals surface area contributed by atoms with Crippen molar-refractivity contribution in [1.29, 1.82) is 5.26 Å². The second-order valence-corrected chi connectivity index (χ2v) is 14.2. The number of nitrogens with zero attached hydrogens (tertiary/aromatic N) is 3. The van der Waals surface area contributed by atoms with E-state index in [2.05, 4.69) is 5.32 Å². The van der Waals surface area contributed by atoms with Gasteiger partial charge in [-0.05, 0) is 63.1 Å². The number of piperidine rings is 1. The van der Waals surface area contributed by atoms with Crippen LogP contribution in [0, 0.1) is 22.7 Å². The van der Waals surface area contributed by atoms with Crippen LogP contribution in [0.1, 0.15) is 44.9 Å². The Labute approximate surface area is 242 Å². The van der Waals surface area contributed by atoms with Crippen LogP contribution in [-0.2, 0) is 19.4 Å². The largest absolute Gasteiger partial charge is 0.403 e. The number of carbonyl (C=O) groups is 2. The SMILES string of the molecule is N#CC1(NC(=O)[C@@H]2C[C@@H](S(=O)(=O)c3ccc(N4CCC(C(F)(F)F)CC4)cc3Cl)CN2C(=O)C2(C(F)(F)F)CC2)CC1. The highest BCUT2D eigenvalue weighted by molar-refractivity contribution is 7.92. The average molecular weight is 641 g/mol. The minimum atomic E-state index is -4.89. The fourth-order valence-corrected chi connectivity index (χ4v) is 8.02. The summed E-state index contributed by atoms with van der Waals surface area (Å²) in [7, 11) is -4.39. The van der Waals surface area contributed by atoms with E-state index >= 15 is 0 Å². The van der Waals surface area contributed by atoms with E-state index in [-0.39, 0.29) is 35.8 Å². The number of benzene rings is 1. The summed E-state index contributed by atoms with van der Waals surface area (Å²) in [5.41, 5.74) is -3.47. The molecular weight excluding hydrogens is 614 g/mol. The molecule has 0 spiro atoms. The molecule has 4 aliphatic rings. The summed E-state index contributed by atoms with van der Waals surface area (Å²) in [6, 6.07) is 4.25. The summed E-state index contributed by atoms with van der Waals surface area (Å²) < 4.78 is 108. The standard InChI is InChI=1S/C26H27ClF6N4O4S/c27-18-11-16(36-9-3-15(4-10-36)25(28,29)30)1-2-20(18)42(40,41)17-12-19(21(38)35-23(14-34)5-6-23)37(13-17)22(39)24(7-8-24)26(31,32)33/h1-2,11,15,17,19H,3-10,12-13H2,(H,35,38)/t17-,19+/m1/s1. The van der Waals surface area contributed by atoms with Crippen LogP contribution < -0.4 is 10.2 Å². The molecule has 0 unspecified atom stereocenters. The quantitative estimate of drug-likeness (QED) is 0.463. The third-order valence-electron chi connectivity index (χ3n) is 8.84. The Bertz CT molecular complexity index is 1430. The number of likely N-dealkylation sites (tertiary alicyclic amines) is 1. The maximum atomic E-state index is 13.8. The molecule has 2 saturated carbocycles. The molecule has 0 aromatic heterocycles. The van der Waals surface area contributed by atoms with E-state index in [1.807, 2.05) is 6.07 Å². The molecule has 2 amide bonds. The molecule has 2 aliphatic heterocycles. The zero-order chi connectivity index (χ0) is 30.9. The molecule has 2 saturated heterocycles. The highest BCUT2D eigenvalue weighted by Gasteiger charge is 2.70. The Kier molecular flexibility index (Phi) is 7.44. The number of carbonyl (C=O) groups excluding carboxylic acids is 2. The molecule has 1 aromatic carbocycles. The van der Waals surface area contributed by atoms with Gasteiger partial charge in [0.05, 0.1) is 27.2 Å². The number of rotatable bonds is 6. The Balaban J connectivity index is 1.38. The van der Waals surface area contributed by atoms with Crippen LogP contribution in [0.25, 0.3) is 0 Å². The van der Waals surface area contributed by atoms with E-state index in [9.17, 15) is 49.6 Å². The monoisotopic (exact) mass is 640 g/mol. The molecule has 0 bridgehead atoms. The van der Waals surface area contributed by atoms with Gasteiger partial charge in [0.1, 0.15) is 17.0 Å². The van der Waals surface area contributed by atoms with E-state index in [0.717, 1.165) is 0 Å². The fourth-order valence-electron chi connectivity index (χ4n) is 5.78. The van der Waals surface area contributed by atoms with Gasteiger partial charge in [-0.3, -0.25) is 9.59 Å². The highest BCUT2D eigenvalue weighted by Crippen LogP contribution is 2.59. The van der Waals surface area contributed by atoms with Gasteiger partial charge in [-0.15, -0.1) is 0 Å². The zero-order valence-electron chi connectivity index (χ0n) is 22.1. The van der Waals surface area contributed by atoms with E-state index in [4.69, 9.17) is 11.6 Å². The van der Waals surface area contributed by atoms with Crippen molar-refractivity contribution in [2.75, 3.05) is 24.5 Å². The molecule has 1 N–H and O–H groups in total. The van der Waals surface area contributed by atoms with Crippen LogP contribution >= 0.6 is 11.6 Å². The number of hydrogen-bond acceptors (Lipinski definition) is 6. The first kappa shape index (κ1) is 30.7. The van der Waals surface area contributed by atoms with E-state index < -0.39 is 88.0 Å². The van der Waals surface area contributed by atoms with Gasteiger partial charge in [0, 0.05) is 25.3 Å². The van der Waals surface area contributed by atoms with Gasteiger partial charge >= 0.3 is 12.4 Å². The summed E-state index contributed by atoms with van der Waals surface area (Å²) >= 11 is 6.34. The van der Waals surface area contributed by atoms with Crippen LogP contribution in [0.5, 0.6) is 0 Å². The van der Waals surface area contributed by atoms with Gasteiger partial charge in [-0.2, -0.15) is 31.6 Å². The maximum absolute atomic E-state index is 13.8. The topological polar surface area (TPSA) is 111 Å². The Morgan fingerprint density at radius 2 is 1.67 bits per heavy atom. The van der Waals surface area contributed by atoms with Crippen molar-refractivity contribution < 1.29 is 44.3 Å². The molecule has 16 heteroatoms. The highest BCUT2D eigenvalue weighted by atomic mass is 35.5. The minimum Gasteiger partial charge on any atom is -0.371 e. The number of amides is 2. The Morgan fingerprint density at radius 1 is 1.05 bits per heavy atom. The van der Waals surface area contributed by atoms with Gasteiger partial charge in [-0.25, -0.2) is 8.42 Å². The third kappa shape index (κ3) is 5.40. The normalized spacial score (nSPS) is 25.6. The van der Waals surface area contributed by atoms with Crippen molar-refractivity contribution in [3.05, 3.63) is 23.2 Å². The number of anilines is 1. The fraction of sp³-hybridized carbons (Fsp3) is 0.654. The summed E-state index contributed by atoms with van der Waals surface area (Å²) in [5, 5.41) is 10.1. The average Bonchev–Trinajstić information content (AvgIpc) is 3.83. The zero-order valence-corrected chi connectivity index (χ0v) is 23.6. The molecule has 42 heavy (non-hydrogen) atoms. The minimum absolute atomic E-state index is 0.0776. The lowest BCUT2D eigenvalue weighted by molar-refractivity contribution is -0.199. The van der Waals surface area contributed by atoms with Crippen molar-refractivity contribution in [1.82, 2.24) is 10.2 Å². The van der Waals surface area contributed by atoms with Crippen molar-refractivity contribution >= 4 is 38.9 Å². The van der Waals surface area contributed by atoms with Gasteiger partial charge in [0.25, 0.3) is 0 Å². The van der Waals surface area contributed by atoms with Crippen LogP contribution in [-0.4, -0.2) is 73.9 Å². The number of sulfone groups is 1. The van der Waals surface area contributed by atoms with Gasteiger partial charge in [0.15, 0.2) is 9.84 Å². The van der Waals surface area contributed by atoms with Crippen molar-refractivity contribution in [2.45, 2.75) is 79.0 Å². The lowest BCUT2D eigenvalue weighted by Gasteiger charge is -2.34. The third-order valence-corrected chi connectivity index (χ3v) is 11.5. The predicted molar refractivity (Wildman–Crippen MR) is 137 cm³/mol. The molecule has 0 radical (unpaired) electrons. The first-order chi connectivity index (χ1) is 19.4. The number of nitriles is 1. The summed E-state index contributed by atoms with van der Waals surface area (Å²) in [6.45, 7) is -0.526. The lowest BCUT2D eigenvalue weighted by Crippen LogP contribution is -2.53. The first-order valence-corrected chi connectivity index (χ1v) is 15.3. The van der Waals surface area contributed by atoms with E-state index in [0.29, 0.717) is 23.4 Å². The lowest BCUT2D eigenvalue weighted by atomic mass is 9.96. The predicted octanol–water partition coefficient (Wildman–Crippen LogP) is 4.38. The van der Waals surface area contributed by atoms with Crippen LogP contribution in [0.3, 0.4) is 0 Å². The number of nitrogens with one attached hydrogen (secondary N) is 1. The van der Waals surface area contributed by atoms with Crippen LogP contribution in [0.4, 0.5) is 32.0 Å². The molecule has 4 fully saturated rings. The summed E-state index contributed by atoms with van der Waals surface area (Å²) in [4.78, 5) is 28.2. The molecule has 8 nitrogen and oxygen atoms in total. The number of alkyl halides is 6. The first-order valence-electron chi connectivity index (χ1n) is 13.4. The Hall–Kier alpha value is -2.73. The van der Waals surface area contributed by atoms with Gasteiger partial charge < -0.3 is 15.1 Å². The molecular formula is C26H27ClF6N4O4S. The van der Waals surface area contributed by atoms with Gasteiger partial charge in [0.2, 0.25) is 11.8 Å². The second-order valence-electron chi connectivity index (χ2n) is 11.6. The van der Waals surface area contributed by atoms with Gasteiger partial charge in [-0.1, -0.05) is 11.6 Å². The molecule has 1 aromatic rings. The second kappa shape index (κ2) is 10.2. The molecule has 2 heterocycles. The maximum Gasteiger partial charge on any atom is 0.403 e. The molecule has 2 atom stereocenters. The van der Waals surface area contributed by atoms with Crippen molar-refractivity contribution in [3.8, 4) is 6.07 Å². The van der Waals surface area contributed by atoms with Crippen molar-refractivity contribution in [3.63, 3.8) is 0 Å².